The van der Waals surface area contributed by atoms with Gasteiger partial charge in [-0.05, 0) is 67.7 Å². The molecule has 0 saturated carbocycles. The highest BCUT2D eigenvalue weighted by molar-refractivity contribution is 7.18. The van der Waals surface area contributed by atoms with Crippen molar-refractivity contribution in [1.29, 1.82) is 0 Å². The number of rotatable bonds is 19. The van der Waals surface area contributed by atoms with Crippen LogP contribution in [0.1, 0.15) is 97.1 Å². The molecule has 12 nitrogen and oxygen atoms in total. The van der Waals surface area contributed by atoms with Crippen molar-refractivity contribution < 1.29 is 24.0 Å². The molecule has 2 aromatic rings. The SMILES string of the molecule is CC[C@H](C)[C@H](NC(=O)C(Cc1nc2ccc(C(C)C)cc2s1)NC(C)=O)C(=O)NC(CCCCN)C(=O)NC(CC(C)C)C(N)=O. The first-order chi connectivity index (χ1) is 21.7. The van der Waals surface area contributed by atoms with Crippen LogP contribution in [0.3, 0.4) is 0 Å². The number of primary amides is 1. The molecule has 5 amide bonds. The average molecular weight is 660 g/mol. The molecule has 2 rings (SSSR count). The first-order valence-electron chi connectivity index (χ1n) is 16.2. The van der Waals surface area contributed by atoms with Crippen LogP contribution in [0.2, 0.25) is 0 Å². The van der Waals surface area contributed by atoms with E-state index in [0.29, 0.717) is 43.2 Å². The lowest BCUT2D eigenvalue weighted by molar-refractivity contribution is -0.135. The van der Waals surface area contributed by atoms with Crippen LogP contribution in [0, 0.1) is 11.8 Å². The molecule has 13 heteroatoms. The maximum atomic E-state index is 13.7. The Balaban J connectivity index is 2.28. The first kappa shape index (κ1) is 38.6. The summed E-state index contributed by atoms with van der Waals surface area (Å²) in [4.78, 5) is 69.5. The van der Waals surface area contributed by atoms with Gasteiger partial charge in [-0.15, -0.1) is 11.3 Å². The first-order valence-corrected chi connectivity index (χ1v) is 17.0. The highest BCUT2D eigenvalue weighted by Crippen LogP contribution is 2.27. The number of nitrogens with zero attached hydrogens (tertiary/aromatic N) is 1. The van der Waals surface area contributed by atoms with E-state index in [-0.39, 0.29) is 24.7 Å². The van der Waals surface area contributed by atoms with Crippen molar-refractivity contribution in [2.45, 2.75) is 117 Å². The third-order valence-corrected chi connectivity index (χ3v) is 8.98. The Kier molecular flexibility index (Phi) is 15.6. The lowest BCUT2D eigenvalue weighted by Gasteiger charge is -2.29. The van der Waals surface area contributed by atoms with E-state index < -0.39 is 53.7 Å². The van der Waals surface area contributed by atoms with Crippen molar-refractivity contribution in [1.82, 2.24) is 26.3 Å². The average Bonchev–Trinajstić information content (AvgIpc) is 3.39. The number of thiazole rings is 1. The molecular weight excluding hydrogens is 606 g/mol. The summed E-state index contributed by atoms with van der Waals surface area (Å²) in [6.07, 6.45) is 2.54. The van der Waals surface area contributed by atoms with Crippen LogP contribution in [0.5, 0.6) is 0 Å². The summed E-state index contributed by atoms with van der Waals surface area (Å²) in [6, 6.07) is 2.25. The molecule has 0 saturated heterocycles. The molecule has 3 unspecified atom stereocenters. The van der Waals surface area contributed by atoms with E-state index in [1.54, 1.807) is 0 Å². The molecule has 1 aromatic heterocycles. The second-order valence-corrected chi connectivity index (χ2v) is 13.9. The van der Waals surface area contributed by atoms with E-state index in [2.05, 4.69) is 46.2 Å². The maximum absolute atomic E-state index is 13.7. The van der Waals surface area contributed by atoms with Crippen LogP contribution in [0.15, 0.2) is 18.2 Å². The Hall–Kier alpha value is -3.58. The number of amides is 5. The molecule has 0 aliphatic carbocycles. The van der Waals surface area contributed by atoms with E-state index >= 15 is 0 Å². The fourth-order valence-corrected chi connectivity index (χ4v) is 6.09. The summed E-state index contributed by atoms with van der Waals surface area (Å²) in [5, 5.41) is 11.7. The topological polar surface area (TPSA) is 198 Å². The van der Waals surface area contributed by atoms with Crippen molar-refractivity contribution in [2.24, 2.45) is 23.3 Å². The van der Waals surface area contributed by atoms with Gasteiger partial charge in [-0.1, -0.05) is 54.0 Å². The van der Waals surface area contributed by atoms with Gasteiger partial charge in [-0.3, -0.25) is 24.0 Å². The molecule has 0 bridgehead atoms. The van der Waals surface area contributed by atoms with Gasteiger partial charge < -0.3 is 32.7 Å². The van der Waals surface area contributed by atoms with Crippen LogP contribution >= 0.6 is 11.3 Å². The number of nitrogens with one attached hydrogen (secondary N) is 4. The van der Waals surface area contributed by atoms with E-state index in [9.17, 15) is 24.0 Å². The largest absolute Gasteiger partial charge is 0.368 e. The minimum Gasteiger partial charge on any atom is -0.368 e. The Morgan fingerprint density at radius 3 is 2.09 bits per heavy atom. The van der Waals surface area contributed by atoms with Crippen LogP contribution in [-0.2, 0) is 30.4 Å². The molecule has 0 fully saturated rings. The van der Waals surface area contributed by atoms with Crippen molar-refractivity contribution in [2.75, 3.05) is 6.54 Å². The maximum Gasteiger partial charge on any atom is 0.243 e. The van der Waals surface area contributed by atoms with Gasteiger partial charge in [-0.2, -0.15) is 0 Å². The number of benzene rings is 1. The Morgan fingerprint density at radius 2 is 1.52 bits per heavy atom. The van der Waals surface area contributed by atoms with Crippen LogP contribution < -0.4 is 32.7 Å². The molecule has 0 radical (unpaired) electrons. The van der Waals surface area contributed by atoms with E-state index in [1.165, 1.54) is 23.8 Å². The third-order valence-electron chi connectivity index (χ3n) is 7.94. The normalized spacial score (nSPS) is 14.7. The van der Waals surface area contributed by atoms with Gasteiger partial charge in [0.1, 0.15) is 24.2 Å². The van der Waals surface area contributed by atoms with Crippen molar-refractivity contribution in [3.63, 3.8) is 0 Å². The zero-order valence-electron chi connectivity index (χ0n) is 28.3. The highest BCUT2D eigenvalue weighted by Gasteiger charge is 2.33. The van der Waals surface area contributed by atoms with E-state index in [4.69, 9.17) is 11.5 Å². The number of hydrogen-bond acceptors (Lipinski definition) is 8. The molecule has 0 aliphatic heterocycles. The van der Waals surface area contributed by atoms with Gasteiger partial charge in [0.15, 0.2) is 0 Å². The molecular formula is C33H53N7O5S. The minimum absolute atomic E-state index is 0.102. The monoisotopic (exact) mass is 659 g/mol. The predicted molar refractivity (Wildman–Crippen MR) is 182 cm³/mol. The molecule has 0 spiro atoms. The quantitative estimate of drug-likeness (QED) is 0.125. The lowest BCUT2D eigenvalue weighted by Crippen LogP contribution is -2.59. The molecule has 0 aliphatic rings. The number of nitrogens with two attached hydrogens (primary N) is 2. The van der Waals surface area contributed by atoms with Crippen LogP contribution in [0.4, 0.5) is 0 Å². The summed E-state index contributed by atoms with van der Waals surface area (Å²) in [7, 11) is 0. The summed E-state index contributed by atoms with van der Waals surface area (Å²) >= 11 is 1.46. The summed E-state index contributed by atoms with van der Waals surface area (Å²) in [5.74, 6) is -2.50. The van der Waals surface area contributed by atoms with Gasteiger partial charge in [0, 0.05) is 13.3 Å². The number of unbranched alkanes of at least 4 members (excludes halogenated alkanes) is 1. The lowest BCUT2D eigenvalue weighted by atomic mass is 9.96. The number of aromatic nitrogens is 1. The number of carbonyl (C=O) groups excluding carboxylic acids is 5. The van der Waals surface area contributed by atoms with Gasteiger partial charge in [-0.25, -0.2) is 4.98 Å². The molecule has 46 heavy (non-hydrogen) atoms. The van der Waals surface area contributed by atoms with Gasteiger partial charge in [0.2, 0.25) is 29.5 Å². The van der Waals surface area contributed by atoms with Gasteiger partial charge >= 0.3 is 0 Å². The molecule has 8 N–H and O–H groups in total. The summed E-state index contributed by atoms with van der Waals surface area (Å²) in [5.41, 5.74) is 13.2. The second kappa shape index (κ2) is 18.5. The van der Waals surface area contributed by atoms with Crippen molar-refractivity contribution in [3.8, 4) is 0 Å². The highest BCUT2D eigenvalue weighted by atomic mass is 32.1. The Bertz CT molecular complexity index is 1340. The smallest absolute Gasteiger partial charge is 0.243 e. The van der Waals surface area contributed by atoms with E-state index in [1.807, 2.05) is 39.8 Å². The predicted octanol–water partition coefficient (Wildman–Crippen LogP) is 2.63. The third kappa shape index (κ3) is 12.0. The number of carbonyl (C=O) groups is 5. The fourth-order valence-electron chi connectivity index (χ4n) is 5.03. The van der Waals surface area contributed by atoms with Gasteiger partial charge in [0.05, 0.1) is 15.2 Å². The van der Waals surface area contributed by atoms with Crippen molar-refractivity contribution in [3.05, 3.63) is 28.8 Å². The Morgan fingerprint density at radius 1 is 0.870 bits per heavy atom. The number of hydrogen-bond donors (Lipinski definition) is 6. The van der Waals surface area contributed by atoms with Crippen molar-refractivity contribution >= 4 is 51.1 Å². The van der Waals surface area contributed by atoms with Crippen LogP contribution in [0.25, 0.3) is 10.2 Å². The summed E-state index contributed by atoms with van der Waals surface area (Å²) < 4.78 is 0.992. The standard InChI is InChI=1S/C33H53N7O5S/c1-8-20(6)29(33(45)38-24(11-9-10-14-34)31(43)39-25(30(35)42)15-18(2)3)40-32(44)26(36-21(7)41)17-28-37-23-13-12-22(19(4)5)16-27(23)46-28/h12-13,16,18-20,24-26,29H,8-11,14-15,17,34H2,1-7H3,(H2,35,42)(H,36,41)(H,38,45)(H,39,43)(H,40,44)/t20-,24?,25?,26?,29-/m0/s1. The molecule has 5 atom stereocenters. The van der Waals surface area contributed by atoms with Gasteiger partial charge in [0.25, 0.3) is 0 Å². The zero-order valence-corrected chi connectivity index (χ0v) is 29.1. The molecule has 256 valence electrons. The zero-order chi connectivity index (χ0) is 34.6. The minimum atomic E-state index is -0.995. The summed E-state index contributed by atoms with van der Waals surface area (Å²) in [6.45, 7) is 13.5. The number of fused-ring (bicyclic) bond motifs is 1. The molecule has 1 heterocycles. The van der Waals surface area contributed by atoms with Crippen LogP contribution in [-0.4, -0.2) is 65.2 Å². The second-order valence-electron chi connectivity index (χ2n) is 12.8. The Labute approximate surface area is 276 Å². The van der Waals surface area contributed by atoms with E-state index in [0.717, 1.165) is 10.2 Å². The molecule has 1 aromatic carbocycles. The fraction of sp³-hybridized carbons (Fsp3) is 0.636.